The molecule has 2 N–H and O–H groups in total. The van der Waals surface area contributed by atoms with Crippen LogP contribution in [0.2, 0.25) is 0 Å². The van der Waals surface area contributed by atoms with Crippen LogP contribution in [0.4, 0.5) is 0 Å². The second kappa shape index (κ2) is 5.89. The van der Waals surface area contributed by atoms with Gasteiger partial charge < -0.3 is 10.5 Å². The van der Waals surface area contributed by atoms with Crippen molar-refractivity contribution >= 4 is 0 Å². The maximum Gasteiger partial charge on any atom is 0.0707 e. The number of morpholine rings is 1. The second-order valence-corrected chi connectivity index (χ2v) is 6.47. The zero-order valence-corrected chi connectivity index (χ0v) is 11.5. The number of rotatable bonds is 3. The topological polar surface area (TPSA) is 38.5 Å². The summed E-state index contributed by atoms with van der Waals surface area (Å²) in [5.41, 5.74) is 6.11. The largest absolute Gasteiger partial charge is 0.372 e. The minimum atomic E-state index is 0.503. The highest BCUT2D eigenvalue weighted by Crippen LogP contribution is 2.32. The van der Waals surface area contributed by atoms with Crippen molar-refractivity contribution in [1.29, 1.82) is 0 Å². The van der Waals surface area contributed by atoms with Gasteiger partial charge in [-0.05, 0) is 31.6 Å². The second-order valence-electron chi connectivity index (χ2n) is 6.47. The predicted molar refractivity (Wildman–Crippen MR) is 73.5 cm³/mol. The standard InChI is InChI=1S/C15H28N2O/c16-9-15(12-5-3-1-2-4-6-12)17-10-13-7-8-14(11-17)18-13/h12-15H,1-11,16H2. The highest BCUT2D eigenvalue weighted by molar-refractivity contribution is 4.91. The third-order valence-corrected chi connectivity index (χ3v) is 5.23. The summed E-state index contributed by atoms with van der Waals surface area (Å²) < 4.78 is 5.95. The Balaban J connectivity index is 1.63. The molecule has 2 aliphatic heterocycles. The lowest BCUT2D eigenvalue weighted by Gasteiger charge is -2.41. The van der Waals surface area contributed by atoms with Gasteiger partial charge in [-0.2, -0.15) is 0 Å². The number of hydrogen-bond donors (Lipinski definition) is 1. The lowest BCUT2D eigenvalue weighted by Crippen LogP contribution is -2.53. The smallest absolute Gasteiger partial charge is 0.0707 e. The molecule has 18 heavy (non-hydrogen) atoms. The monoisotopic (exact) mass is 252 g/mol. The van der Waals surface area contributed by atoms with Crippen LogP contribution in [-0.2, 0) is 4.74 Å². The van der Waals surface area contributed by atoms with Crippen LogP contribution in [0.1, 0.15) is 51.4 Å². The number of nitrogens with two attached hydrogens (primary N) is 1. The van der Waals surface area contributed by atoms with E-state index in [1.165, 1.54) is 51.4 Å². The number of nitrogens with zero attached hydrogens (tertiary/aromatic N) is 1. The molecule has 3 heteroatoms. The first-order valence-corrected chi connectivity index (χ1v) is 7.96. The van der Waals surface area contributed by atoms with Gasteiger partial charge in [-0.15, -0.1) is 0 Å². The highest BCUT2D eigenvalue weighted by atomic mass is 16.5. The molecular weight excluding hydrogens is 224 g/mol. The van der Waals surface area contributed by atoms with Crippen LogP contribution < -0.4 is 5.73 Å². The van der Waals surface area contributed by atoms with Gasteiger partial charge in [-0.1, -0.05) is 25.7 Å². The average Bonchev–Trinajstić information content (AvgIpc) is 2.59. The summed E-state index contributed by atoms with van der Waals surface area (Å²) in [5, 5.41) is 0. The average molecular weight is 252 g/mol. The predicted octanol–water partition coefficient (Wildman–Crippen LogP) is 2.15. The highest BCUT2D eigenvalue weighted by Gasteiger charge is 2.38. The quantitative estimate of drug-likeness (QED) is 0.782. The fraction of sp³-hybridized carbons (Fsp3) is 1.00. The number of ether oxygens (including phenoxy) is 1. The van der Waals surface area contributed by atoms with E-state index in [0.29, 0.717) is 18.2 Å². The summed E-state index contributed by atoms with van der Waals surface area (Å²) in [4.78, 5) is 2.67. The van der Waals surface area contributed by atoms with Gasteiger partial charge in [0.2, 0.25) is 0 Å². The van der Waals surface area contributed by atoms with Gasteiger partial charge in [0, 0.05) is 25.7 Å². The molecule has 2 bridgehead atoms. The summed E-state index contributed by atoms with van der Waals surface area (Å²) >= 11 is 0. The first-order valence-electron chi connectivity index (χ1n) is 7.96. The van der Waals surface area contributed by atoms with E-state index in [1.54, 1.807) is 0 Å². The maximum atomic E-state index is 6.11. The van der Waals surface area contributed by atoms with Gasteiger partial charge in [0.25, 0.3) is 0 Å². The molecule has 104 valence electrons. The van der Waals surface area contributed by atoms with Crippen LogP contribution >= 0.6 is 0 Å². The summed E-state index contributed by atoms with van der Waals surface area (Å²) in [6, 6.07) is 0.620. The molecule has 0 spiro atoms. The van der Waals surface area contributed by atoms with Crippen LogP contribution in [0.5, 0.6) is 0 Å². The zero-order valence-electron chi connectivity index (χ0n) is 11.5. The molecule has 1 saturated carbocycles. The van der Waals surface area contributed by atoms with Crippen molar-refractivity contribution in [3.63, 3.8) is 0 Å². The molecular formula is C15H28N2O. The zero-order chi connectivity index (χ0) is 12.4. The Morgan fingerprint density at radius 3 is 2.11 bits per heavy atom. The van der Waals surface area contributed by atoms with Gasteiger partial charge in [-0.25, -0.2) is 0 Å². The Morgan fingerprint density at radius 1 is 0.944 bits per heavy atom. The molecule has 3 rings (SSSR count). The molecule has 2 saturated heterocycles. The number of hydrogen-bond acceptors (Lipinski definition) is 3. The Labute approximate surface area is 111 Å². The van der Waals surface area contributed by atoms with E-state index in [4.69, 9.17) is 10.5 Å². The van der Waals surface area contributed by atoms with Crippen molar-refractivity contribution in [2.24, 2.45) is 11.7 Å². The van der Waals surface area contributed by atoms with E-state index in [9.17, 15) is 0 Å². The maximum absolute atomic E-state index is 6.11. The Morgan fingerprint density at radius 2 is 1.56 bits per heavy atom. The van der Waals surface area contributed by atoms with Gasteiger partial charge >= 0.3 is 0 Å². The van der Waals surface area contributed by atoms with Crippen molar-refractivity contribution in [2.75, 3.05) is 19.6 Å². The van der Waals surface area contributed by atoms with E-state index >= 15 is 0 Å². The van der Waals surface area contributed by atoms with Gasteiger partial charge in [0.15, 0.2) is 0 Å². The molecule has 0 aromatic heterocycles. The lowest BCUT2D eigenvalue weighted by molar-refractivity contribution is -0.0604. The van der Waals surface area contributed by atoms with Crippen LogP contribution in [-0.4, -0.2) is 42.8 Å². The summed E-state index contributed by atoms with van der Waals surface area (Å²) in [7, 11) is 0. The fourth-order valence-corrected chi connectivity index (χ4v) is 4.25. The molecule has 3 atom stereocenters. The van der Waals surface area contributed by atoms with Gasteiger partial charge in [0.1, 0.15) is 0 Å². The van der Waals surface area contributed by atoms with Crippen LogP contribution in [0.3, 0.4) is 0 Å². The van der Waals surface area contributed by atoms with Crippen LogP contribution in [0, 0.1) is 5.92 Å². The first-order chi connectivity index (χ1) is 8.86. The minimum absolute atomic E-state index is 0.503. The van der Waals surface area contributed by atoms with Gasteiger partial charge in [0.05, 0.1) is 12.2 Å². The van der Waals surface area contributed by atoms with Crippen molar-refractivity contribution in [3.8, 4) is 0 Å². The Bertz CT molecular complexity index is 251. The molecule has 3 fully saturated rings. The summed E-state index contributed by atoms with van der Waals surface area (Å²) in [6.07, 6.45) is 12.0. The van der Waals surface area contributed by atoms with E-state index in [2.05, 4.69) is 4.90 Å². The normalized spacial score (nSPS) is 36.5. The summed E-state index contributed by atoms with van der Waals surface area (Å²) in [6.45, 7) is 3.11. The van der Waals surface area contributed by atoms with Crippen molar-refractivity contribution in [2.45, 2.75) is 69.6 Å². The lowest BCUT2D eigenvalue weighted by atomic mass is 9.90. The summed E-state index contributed by atoms with van der Waals surface area (Å²) in [5.74, 6) is 0.843. The molecule has 3 nitrogen and oxygen atoms in total. The van der Waals surface area contributed by atoms with Crippen molar-refractivity contribution in [3.05, 3.63) is 0 Å². The fourth-order valence-electron chi connectivity index (χ4n) is 4.25. The van der Waals surface area contributed by atoms with E-state index in [0.717, 1.165) is 25.6 Å². The van der Waals surface area contributed by atoms with E-state index in [-0.39, 0.29) is 0 Å². The molecule has 2 heterocycles. The Kier molecular flexibility index (Phi) is 4.22. The molecule has 0 aromatic rings. The SMILES string of the molecule is NCC(C1CCCCCC1)N1CC2CCC(C1)O2. The third kappa shape index (κ3) is 2.73. The molecule has 0 aromatic carbocycles. The first kappa shape index (κ1) is 12.9. The minimum Gasteiger partial charge on any atom is -0.372 e. The van der Waals surface area contributed by atoms with Crippen LogP contribution in [0.25, 0.3) is 0 Å². The Hall–Kier alpha value is -0.120. The molecule has 1 aliphatic carbocycles. The van der Waals surface area contributed by atoms with Gasteiger partial charge in [-0.3, -0.25) is 4.90 Å². The van der Waals surface area contributed by atoms with E-state index in [1.807, 2.05) is 0 Å². The molecule has 0 amide bonds. The number of fused-ring (bicyclic) bond motifs is 2. The van der Waals surface area contributed by atoms with Crippen molar-refractivity contribution < 1.29 is 4.74 Å². The molecule has 3 aliphatic rings. The molecule has 0 radical (unpaired) electrons. The third-order valence-electron chi connectivity index (χ3n) is 5.23. The van der Waals surface area contributed by atoms with Crippen LogP contribution in [0.15, 0.2) is 0 Å². The molecule has 3 unspecified atom stereocenters. The van der Waals surface area contributed by atoms with E-state index < -0.39 is 0 Å². The van der Waals surface area contributed by atoms with Crippen molar-refractivity contribution in [1.82, 2.24) is 4.90 Å². The number of likely N-dealkylation sites (tertiary alicyclic amines) is 1.